The van der Waals surface area contributed by atoms with Crippen LogP contribution in [0.4, 0.5) is 0 Å². The van der Waals surface area contributed by atoms with Gasteiger partial charge < -0.3 is 10.2 Å². The minimum Gasteiger partial charge on any atom is -0.355 e. The molecule has 24 heavy (non-hydrogen) atoms. The van der Waals surface area contributed by atoms with Gasteiger partial charge in [-0.1, -0.05) is 36.8 Å². The van der Waals surface area contributed by atoms with Crippen LogP contribution in [0.15, 0.2) is 30.3 Å². The summed E-state index contributed by atoms with van der Waals surface area (Å²) in [7, 11) is 3.73. The van der Waals surface area contributed by atoms with Crippen LogP contribution in [0.1, 0.15) is 31.2 Å². The lowest BCUT2D eigenvalue weighted by Crippen LogP contribution is -2.36. The van der Waals surface area contributed by atoms with Crippen molar-refractivity contribution in [1.29, 1.82) is 0 Å². The minimum atomic E-state index is -0.00225. The van der Waals surface area contributed by atoms with E-state index < -0.39 is 0 Å². The second kappa shape index (κ2) is 13.8. The van der Waals surface area contributed by atoms with Crippen LogP contribution >= 0.6 is 12.4 Å². The zero-order valence-corrected chi connectivity index (χ0v) is 15.3. The first kappa shape index (κ1) is 22.4. The van der Waals surface area contributed by atoms with Crippen molar-refractivity contribution in [3.8, 4) is 0 Å². The van der Waals surface area contributed by atoms with Gasteiger partial charge in [0.1, 0.15) is 0 Å². The number of nitrogens with one attached hydrogen (secondary N) is 3. The number of hydrogen-bond acceptors (Lipinski definition) is 4. The molecule has 7 heteroatoms. The fraction of sp³-hybridized carbons (Fsp3) is 0.529. The molecule has 0 aliphatic rings. The smallest absolute Gasteiger partial charge is 0.234 e. The molecule has 0 saturated heterocycles. The number of unbranched alkanes of at least 4 members (excludes halogenated alkanes) is 2. The Hall–Kier alpha value is -1.63. The number of likely N-dealkylation sites (N-methyl/N-ethyl adjacent to an activating group) is 1. The summed E-state index contributed by atoms with van der Waals surface area (Å²) < 4.78 is 0. The third kappa shape index (κ3) is 11.9. The molecule has 0 spiro atoms. The van der Waals surface area contributed by atoms with E-state index in [9.17, 15) is 9.59 Å². The van der Waals surface area contributed by atoms with E-state index in [-0.39, 0.29) is 24.2 Å². The second-order valence-corrected chi connectivity index (χ2v) is 5.79. The van der Waals surface area contributed by atoms with Crippen LogP contribution in [0.2, 0.25) is 0 Å². The number of carbonyl (C=O) groups is 2. The average Bonchev–Trinajstić information content (AvgIpc) is 2.51. The van der Waals surface area contributed by atoms with E-state index in [2.05, 4.69) is 16.2 Å². The molecule has 0 aliphatic carbocycles. The maximum absolute atomic E-state index is 11.6. The van der Waals surface area contributed by atoms with Crippen LogP contribution in [0.3, 0.4) is 0 Å². The number of amides is 2. The monoisotopic (exact) mass is 356 g/mol. The highest BCUT2D eigenvalue weighted by Gasteiger charge is 2.03. The Morgan fingerprint density at radius 1 is 1.00 bits per heavy atom. The zero-order valence-electron chi connectivity index (χ0n) is 14.5. The van der Waals surface area contributed by atoms with E-state index >= 15 is 0 Å². The number of nitrogens with zero attached hydrogens (tertiary/aromatic N) is 1. The fourth-order valence-corrected chi connectivity index (χ4v) is 2.06. The Bertz CT molecular complexity index is 469. The minimum absolute atomic E-state index is 0. The highest BCUT2D eigenvalue weighted by atomic mass is 35.5. The summed E-state index contributed by atoms with van der Waals surface area (Å²) in [6.45, 7) is 1.69. The van der Waals surface area contributed by atoms with Gasteiger partial charge in [0.25, 0.3) is 0 Å². The predicted octanol–water partition coefficient (Wildman–Crippen LogP) is 1.47. The maximum atomic E-state index is 11.6. The van der Waals surface area contributed by atoms with E-state index in [0.717, 1.165) is 24.8 Å². The van der Waals surface area contributed by atoms with Crippen LogP contribution < -0.4 is 16.2 Å². The summed E-state index contributed by atoms with van der Waals surface area (Å²) in [6.07, 6.45) is 3.13. The highest BCUT2D eigenvalue weighted by Crippen LogP contribution is 1.99. The van der Waals surface area contributed by atoms with E-state index in [1.54, 1.807) is 0 Å². The molecule has 136 valence electrons. The zero-order chi connectivity index (χ0) is 16.9. The Balaban J connectivity index is 0.00000529. The van der Waals surface area contributed by atoms with Crippen molar-refractivity contribution in [1.82, 2.24) is 21.1 Å². The summed E-state index contributed by atoms with van der Waals surface area (Å²) >= 11 is 0. The van der Waals surface area contributed by atoms with Crippen LogP contribution in [-0.2, 0) is 16.1 Å². The Morgan fingerprint density at radius 3 is 2.38 bits per heavy atom. The quantitative estimate of drug-likeness (QED) is 0.414. The van der Waals surface area contributed by atoms with Crippen molar-refractivity contribution in [3.05, 3.63) is 35.9 Å². The molecule has 0 aliphatic heterocycles. The molecule has 0 aromatic heterocycles. The van der Waals surface area contributed by atoms with Gasteiger partial charge >= 0.3 is 0 Å². The normalized spacial score (nSPS) is 10.1. The van der Waals surface area contributed by atoms with Crippen molar-refractivity contribution in [3.63, 3.8) is 0 Å². The largest absolute Gasteiger partial charge is 0.355 e. The Morgan fingerprint density at radius 2 is 1.71 bits per heavy atom. The van der Waals surface area contributed by atoms with Crippen molar-refractivity contribution in [2.24, 2.45) is 0 Å². The molecule has 0 bridgehead atoms. The lowest BCUT2D eigenvalue weighted by Gasteiger charge is -2.10. The van der Waals surface area contributed by atoms with Crippen molar-refractivity contribution in [2.75, 3.05) is 27.2 Å². The van der Waals surface area contributed by atoms with Crippen molar-refractivity contribution < 1.29 is 9.59 Å². The number of hydrazine groups is 1. The summed E-state index contributed by atoms with van der Waals surface area (Å²) in [5, 5.41) is 2.86. The lowest BCUT2D eigenvalue weighted by atomic mass is 10.2. The number of carbonyl (C=O) groups excluding carboxylic acids is 2. The highest BCUT2D eigenvalue weighted by molar-refractivity contribution is 5.85. The third-order valence-electron chi connectivity index (χ3n) is 3.23. The molecule has 1 rings (SSSR count). The molecule has 6 nitrogen and oxygen atoms in total. The SMILES string of the molecule is CN(C)CC(=O)NCCCCCC(=O)NNCc1ccccc1.Cl. The summed E-state index contributed by atoms with van der Waals surface area (Å²) in [5.41, 5.74) is 6.75. The van der Waals surface area contributed by atoms with Gasteiger partial charge in [-0.2, -0.15) is 0 Å². The fourth-order valence-electron chi connectivity index (χ4n) is 2.06. The van der Waals surface area contributed by atoms with Crippen LogP contribution in [0.25, 0.3) is 0 Å². The molecule has 2 amide bonds. The molecule has 1 aromatic carbocycles. The van der Waals surface area contributed by atoms with Gasteiger partial charge in [-0.3, -0.25) is 15.0 Å². The first-order chi connectivity index (χ1) is 11.1. The molecule has 0 radical (unpaired) electrons. The average molecular weight is 357 g/mol. The molecule has 0 heterocycles. The molecule has 0 unspecified atom stereocenters. The number of hydrogen-bond donors (Lipinski definition) is 3. The van der Waals surface area contributed by atoms with Crippen LogP contribution in [-0.4, -0.2) is 43.9 Å². The van der Waals surface area contributed by atoms with Gasteiger partial charge in [0.2, 0.25) is 11.8 Å². The van der Waals surface area contributed by atoms with E-state index in [4.69, 9.17) is 0 Å². The molecular weight excluding hydrogens is 328 g/mol. The van der Waals surface area contributed by atoms with Crippen LogP contribution in [0, 0.1) is 0 Å². The van der Waals surface area contributed by atoms with Crippen molar-refractivity contribution in [2.45, 2.75) is 32.2 Å². The number of halogens is 1. The van der Waals surface area contributed by atoms with Crippen LogP contribution in [0.5, 0.6) is 0 Å². The molecule has 0 atom stereocenters. The standard InChI is InChI=1S/C17H28N4O2.ClH/c1-21(2)14-17(23)18-12-8-4-7-11-16(22)20-19-13-15-9-5-3-6-10-15;/h3,5-6,9-10,19H,4,7-8,11-14H2,1-2H3,(H,18,23)(H,20,22);1H. The maximum Gasteiger partial charge on any atom is 0.234 e. The number of benzene rings is 1. The first-order valence-electron chi connectivity index (χ1n) is 8.05. The molecular formula is C17H29ClN4O2. The van der Waals surface area contributed by atoms with Gasteiger partial charge in [-0.15, -0.1) is 12.4 Å². The molecule has 3 N–H and O–H groups in total. The predicted molar refractivity (Wildman–Crippen MR) is 98.7 cm³/mol. The van der Waals surface area contributed by atoms with E-state index in [1.807, 2.05) is 49.3 Å². The van der Waals surface area contributed by atoms with Gasteiger partial charge in [0.15, 0.2) is 0 Å². The van der Waals surface area contributed by atoms with Gasteiger partial charge in [0, 0.05) is 19.5 Å². The van der Waals surface area contributed by atoms with Crippen molar-refractivity contribution >= 4 is 24.2 Å². The molecule has 0 saturated carbocycles. The first-order valence-corrected chi connectivity index (χ1v) is 8.05. The Labute approximate surface area is 150 Å². The topological polar surface area (TPSA) is 73.5 Å². The van der Waals surface area contributed by atoms with Gasteiger partial charge in [0.05, 0.1) is 6.54 Å². The summed E-state index contributed by atoms with van der Waals surface area (Å²) in [4.78, 5) is 24.9. The van der Waals surface area contributed by atoms with E-state index in [0.29, 0.717) is 26.1 Å². The van der Waals surface area contributed by atoms with Gasteiger partial charge in [-0.05, 0) is 32.5 Å². The number of rotatable bonds is 11. The van der Waals surface area contributed by atoms with Gasteiger partial charge in [-0.25, -0.2) is 5.43 Å². The molecule has 1 aromatic rings. The summed E-state index contributed by atoms with van der Waals surface area (Å²) in [5.74, 6) is 0.0374. The van der Waals surface area contributed by atoms with E-state index in [1.165, 1.54) is 0 Å². The Kier molecular flexibility index (Phi) is 12.8. The second-order valence-electron chi connectivity index (χ2n) is 5.79. The molecule has 0 fully saturated rings. The summed E-state index contributed by atoms with van der Waals surface area (Å²) in [6, 6.07) is 9.91. The lowest BCUT2D eigenvalue weighted by molar-refractivity contribution is -0.123. The third-order valence-corrected chi connectivity index (χ3v) is 3.23.